The van der Waals surface area contributed by atoms with Crippen molar-refractivity contribution in [2.24, 2.45) is 0 Å². The second-order valence-electron chi connectivity index (χ2n) is 7.52. The maximum atomic E-state index is 12.4. The molecule has 1 aromatic heterocycles. The quantitative estimate of drug-likeness (QED) is 0.507. The van der Waals surface area contributed by atoms with E-state index < -0.39 is 0 Å². The van der Waals surface area contributed by atoms with Crippen LogP contribution in [0.3, 0.4) is 0 Å². The van der Waals surface area contributed by atoms with E-state index in [-0.39, 0.29) is 5.91 Å². The number of para-hydroxylation sites is 1. The molecule has 0 radical (unpaired) electrons. The molecule has 0 atom stereocenters. The van der Waals surface area contributed by atoms with Crippen LogP contribution >= 0.6 is 0 Å². The number of rotatable bonds is 5. The summed E-state index contributed by atoms with van der Waals surface area (Å²) in [5.41, 5.74) is 7.61. The van der Waals surface area contributed by atoms with Gasteiger partial charge in [-0.2, -0.15) is 5.10 Å². The van der Waals surface area contributed by atoms with Crippen LogP contribution in [0.25, 0.3) is 11.1 Å². The van der Waals surface area contributed by atoms with Crippen molar-refractivity contribution in [3.63, 3.8) is 0 Å². The average molecular weight is 394 g/mol. The zero-order chi connectivity index (χ0) is 20.3. The van der Waals surface area contributed by atoms with E-state index in [1.54, 1.807) is 0 Å². The summed E-state index contributed by atoms with van der Waals surface area (Å²) in [6, 6.07) is 24.0. The lowest BCUT2D eigenvalue weighted by Gasteiger charge is -2.20. The minimum absolute atomic E-state index is 0.0916. The highest BCUT2D eigenvalue weighted by molar-refractivity contribution is 6.04. The number of nitrogens with zero attached hydrogens (tertiary/aromatic N) is 2. The van der Waals surface area contributed by atoms with Crippen molar-refractivity contribution in [2.75, 3.05) is 16.8 Å². The molecule has 2 N–H and O–H groups in total. The van der Waals surface area contributed by atoms with Gasteiger partial charge in [0.15, 0.2) is 0 Å². The Balaban J connectivity index is 1.27. The largest absolute Gasteiger partial charge is 0.367 e. The number of anilines is 2. The Morgan fingerprint density at radius 3 is 2.60 bits per heavy atom. The first-order chi connectivity index (χ1) is 14.8. The summed E-state index contributed by atoms with van der Waals surface area (Å²) in [5, 5.41) is 9.84. The van der Waals surface area contributed by atoms with Crippen LogP contribution in [0.1, 0.15) is 21.5 Å². The average Bonchev–Trinajstić information content (AvgIpc) is 3.45. The fourth-order valence-corrected chi connectivity index (χ4v) is 3.93. The zero-order valence-electron chi connectivity index (χ0n) is 16.5. The number of nitrogens with one attached hydrogen (secondary N) is 2. The zero-order valence-corrected chi connectivity index (χ0v) is 16.5. The molecule has 2 heterocycles. The number of aromatic nitrogens is 2. The normalized spacial score (nSPS) is 12.6. The van der Waals surface area contributed by atoms with Crippen molar-refractivity contribution in [1.29, 1.82) is 0 Å². The minimum atomic E-state index is -0.0916. The van der Waals surface area contributed by atoms with E-state index in [1.165, 1.54) is 22.4 Å². The molecule has 4 aromatic rings. The fraction of sp³-hybridized carbons (Fsp3) is 0.120. The van der Waals surface area contributed by atoms with Gasteiger partial charge in [0.05, 0.1) is 6.20 Å². The predicted molar refractivity (Wildman–Crippen MR) is 120 cm³/mol. The van der Waals surface area contributed by atoms with Gasteiger partial charge in [-0.1, -0.05) is 36.4 Å². The molecule has 1 aliphatic heterocycles. The highest BCUT2D eigenvalue weighted by Crippen LogP contribution is 2.33. The van der Waals surface area contributed by atoms with Crippen LogP contribution in [0.5, 0.6) is 0 Å². The fourth-order valence-electron chi connectivity index (χ4n) is 3.93. The number of hydrogen-bond donors (Lipinski definition) is 2. The molecule has 0 bridgehead atoms. The lowest BCUT2D eigenvalue weighted by atomic mass is 10.0. The van der Waals surface area contributed by atoms with Crippen LogP contribution in [-0.2, 0) is 13.0 Å². The third kappa shape index (κ3) is 3.70. The number of benzene rings is 3. The number of carbonyl (C=O) groups is 1. The van der Waals surface area contributed by atoms with Crippen LogP contribution in [-0.4, -0.2) is 22.6 Å². The summed E-state index contributed by atoms with van der Waals surface area (Å²) in [7, 11) is 0. The van der Waals surface area contributed by atoms with Crippen molar-refractivity contribution in [1.82, 2.24) is 10.2 Å². The highest BCUT2D eigenvalue weighted by Gasteiger charge is 2.20. The first-order valence-corrected chi connectivity index (χ1v) is 10.1. The number of hydrogen-bond acceptors (Lipinski definition) is 3. The topological polar surface area (TPSA) is 61.0 Å². The summed E-state index contributed by atoms with van der Waals surface area (Å²) < 4.78 is 0. The van der Waals surface area contributed by atoms with E-state index in [0.717, 1.165) is 30.8 Å². The summed E-state index contributed by atoms with van der Waals surface area (Å²) in [6.45, 7) is 1.83. The lowest BCUT2D eigenvalue weighted by Crippen LogP contribution is -2.19. The standard InChI is InChI=1S/C25H22N4O/c30-25(28-23-4-2-1-3-5-23)19-8-6-18(7-9-19)17-29-13-12-21-14-20(10-11-24(21)29)22-15-26-27-16-22/h1-11,14-16H,12-13,17H2,(H,26,27)(H,28,30). The number of fused-ring (bicyclic) bond motifs is 1. The van der Waals surface area contributed by atoms with Gasteiger partial charge in [0.25, 0.3) is 5.91 Å². The molecule has 148 valence electrons. The van der Waals surface area contributed by atoms with E-state index in [1.807, 2.05) is 67.0 Å². The van der Waals surface area contributed by atoms with E-state index in [9.17, 15) is 4.79 Å². The number of H-pyrrole nitrogens is 1. The maximum absolute atomic E-state index is 12.4. The molecule has 1 amide bonds. The van der Waals surface area contributed by atoms with Crippen molar-refractivity contribution >= 4 is 17.3 Å². The van der Waals surface area contributed by atoms with Crippen LogP contribution in [0.4, 0.5) is 11.4 Å². The molecule has 30 heavy (non-hydrogen) atoms. The van der Waals surface area contributed by atoms with Crippen LogP contribution in [0.2, 0.25) is 0 Å². The molecule has 5 nitrogen and oxygen atoms in total. The lowest BCUT2D eigenvalue weighted by molar-refractivity contribution is 0.102. The van der Waals surface area contributed by atoms with Crippen LogP contribution in [0.15, 0.2) is 85.2 Å². The Kier molecular flexibility index (Phi) is 4.77. The number of aromatic amines is 1. The van der Waals surface area contributed by atoms with Crippen molar-refractivity contribution in [3.8, 4) is 11.1 Å². The third-order valence-electron chi connectivity index (χ3n) is 5.52. The first-order valence-electron chi connectivity index (χ1n) is 10.1. The van der Waals surface area contributed by atoms with Gasteiger partial charge in [-0.15, -0.1) is 0 Å². The second-order valence-corrected chi connectivity index (χ2v) is 7.52. The van der Waals surface area contributed by atoms with E-state index in [0.29, 0.717) is 5.56 Å². The predicted octanol–water partition coefficient (Wildman–Crippen LogP) is 4.89. The smallest absolute Gasteiger partial charge is 0.255 e. The maximum Gasteiger partial charge on any atom is 0.255 e. The monoisotopic (exact) mass is 394 g/mol. The summed E-state index contributed by atoms with van der Waals surface area (Å²) in [4.78, 5) is 14.8. The molecule has 0 fully saturated rings. The molecule has 0 unspecified atom stereocenters. The van der Waals surface area contributed by atoms with Gasteiger partial charge in [-0.25, -0.2) is 0 Å². The van der Waals surface area contributed by atoms with Crippen LogP contribution in [0, 0.1) is 0 Å². The molecule has 1 aliphatic rings. The summed E-state index contributed by atoms with van der Waals surface area (Å²) in [6.07, 6.45) is 4.81. The van der Waals surface area contributed by atoms with Crippen LogP contribution < -0.4 is 10.2 Å². The van der Waals surface area contributed by atoms with E-state index >= 15 is 0 Å². The van der Waals surface area contributed by atoms with Crippen molar-refractivity contribution in [3.05, 3.63) is 102 Å². The summed E-state index contributed by atoms with van der Waals surface area (Å²) >= 11 is 0. The van der Waals surface area contributed by atoms with Gasteiger partial charge in [-0.3, -0.25) is 9.89 Å². The van der Waals surface area contributed by atoms with Gasteiger partial charge in [-0.05, 0) is 59.5 Å². The van der Waals surface area contributed by atoms with E-state index in [2.05, 4.69) is 38.6 Å². The SMILES string of the molecule is O=C(Nc1ccccc1)c1ccc(CN2CCc3cc(-c4cn[nH]c4)ccc32)cc1. The molecule has 5 heteroatoms. The van der Waals surface area contributed by atoms with Gasteiger partial charge in [0, 0.05) is 41.8 Å². The number of carbonyl (C=O) groups excluding carboxylic acids is 1. The molecule has 3 aromatic carbocycles. The molecule has 0 spiro atoms. The molecular weight excluding hydrogens is 372 g/mol. The minimum Gasteiger partial charge on any atom is -0.367 e. The van der Waals surface area contributed by atoms with Gasteiger partial charge in [0.1, 0.15) is 0 Å². The molecule has 5 rings (SSSR count). The van der Waals surface area contributed by atoms with Gasteiger partial charge >= 0.3 is 0 Å². The third-order valence-corrected chi connectivity index (χ3v) is 5.52. The Hall–Kier alpha value is -3.86. The molecular formula is C25H22N4O. The van der Waals surface area contributed by atoms with Gasteiger partial charge in [0.2, 0.25) is 0 Å². The Morgan fingerprint density at radius 1 is 1.00 bits per heavy atom. The van der Waals surface area contributed by atoms with Crippen molar-refractivity contribution < 1.29 is 4.79 Å². The first kappa shape index (κ1) is 18.2. The van der Waals surface area contributed by atoms with E-state index in [4.69, 9.17) is 0 Å². The summed E-state index contributed by atoms with van der Waals surface area (Å²) in [5.74, 6) is -0.0916. The molecule has 0 saturated heterocycles. The van der Waals surface area contributed by atoms with Crippen molar-refractivity contribution in [2.45, 2.75) is 13.0 Å². The molecule has 0 saturated carbocycles. The Bertz CT molecular complexity index is 1150. The Labute approximate surface area is 175 Å². The second kappa shape index (κ2) is 7.87. The van der Waals surface area contributed by atoms with Gasteiger partial charge < -0.3 is 10.2 Å². The Morgan fingerprint density at radius 2 is 1.83 bits per heavy atom. The number of amides is 1. The molecule has 0 aliphatic carbocycles. The highest BCUT2D eigenvalue weighted by atomic mass is 16.1.